The molecule has 0 saturated carbocycles. The van der Waals surface area contributed by atoms with Gasteiger partial charge in [0.1, 0.15) is 10.3 Å². The van der Waals surface area contributed by atoms with Crippen LogP contribution in [0.2, 0.25) is 10.3 Å². The average molecular weight is 261 g/mol. The molecule has 0 aromatic carbocycles. The zero-order valence-corrected chi connectivity index (χ0v) is 9.87. The van der Waals surface area contributed by atoms with Crippen molar-refractivity contribution in [3.05, 3.63) is 28.0 Å². The Balaban J connectivity index is 2.32. The average Bonchev–Trinajstić information content (AvgIpc) is 2.28. The molecule has 0 saturated heterocycles. The van der Waals surface area contributed by atoms with Crippen molar-refractivity contribution in [1.82, 2.24) is 4.98 Å². The maximum Gasteiger partial charge on any atom is 0.131 e. The van der Waals surface area contributed by atoms with E-state index < -0.39 is 0 Å². The number of aliphatic hydroxyl groups is 1. The third-order valence-corrected chi connectivity index (χ3v) is 2.58. The van der Waals surface area contributed by atoms with Gasteiger partial charge in [0.2, 0.25) is 0 Å². The lowest BCUT2D eigenvalue weighted by Gasteiger charge is -2.19. The van der Waals surface area contributed by atoms with Gasteiger partial charge in [0.05, 0.1) is 31.6 Å². The summed E-state index contributed by atoms with van der Waals surface area (Å²) in [5.41, 5.74) is 1.51. The van der Waals surface area contributed by atoms with Gasteiger partial charge in [-0.3, -0.25) is 4.99 Å². The maximum absolute atomic E-state index is 9.01. The van der Waals surface area contributed by atoms with E-state index in [1.165, 1.54) is 0 Å². The van der Waals surface area contributed by atoms with Crippen molar-refractivity contribution in [3.8, 4) is 0 Å². The standard InChI is InChI=1S/C10H10Cl2N2O2/c11-9-1-6(2-10(12)14-9)8-5-16-4-7(3-15)13-8/h1-2,7,15H,3-5H2/t7-/m1/s1. The normalized spacial score (nSPS) is 20.7. The van der Waals surface area contributed by atoms with Crippen LogP contribution in [0.25, 0.3) is 0 Å². The highest BCUT2D eigenvalue weighted by Gasteiger charge is 2.16. The van der Waals surface area contributed by atoms with E-state index in [1.807, 2.05) is 0 Å². The molecular formula is C10H10Cl2N2O2. The number of halogens is 2. The molecule has 6 heteroatoms. The summed E-state index contributed by atoms with van der Waals surface area (Å²) in [5.74, 6) is 0. The molecule has 0 aliphatic carbocycles. The summed E-state index contributed by atoms with van der Waals surface area (Å²) in [6.07, 6.45) is 0. The highest BCUT2D eigenvalue weighted by atomic mass is 35.5. The van der Waals surface area contributed by atoms with Gasteiger partial charge in [-0.05, 0) is 12.1 Å². The highest BCUT2D eigenvalue weighted by Crippen LogP contribution is 2.17. The van der Waals surface area contributed by atoms with Crippen LogP contribution < -0.4 is 0 Å². The molecule has 0 radical (unpaired) electrons. The lowest BCUT2D eigenvalue weighted by molar-refractivity contribution is 0.117. The van der Waals surface area contributed by atoms with Gasteiger partial charge in [-0.1, -0.05) is 23.2 Å². The van der Waals surface area contributed by atoms with E-state index in [0.29, 0.717) is 23.5 Å². The number of ether oxygens (including phenoxy) is 1. The van der Waals surface area contributed by atoms with Crippen molar-refractivity contribution >= 4 is 28.9 Å². The minimum absolute atomic E-state index is 0.0317. The summed E-state index contributed by atoms with van der Waals surface area (Å²) >= 11 is 11.6. The first-order valence-electron chi connectivity index (χ1n) is 4.78. The van der Waals surface area contributed by atoms with E-state index in [0.717, 1.165) is 11.3 Å². The Morgan fingerprint density at radius 1 is 1.38 bits per heavy atom. The summed E-state index contributed by atoms with van der Waals surface area (Å²) in [5, 5.41) is 9.65. The zero-order valence-electron chi connectivity index (χ0n) is 8.36. The van der Waals surface area contributed by atoms with Crippen LogP contribution in [0.15, 0.2) is 17.1 Å². The summed E-state index contributed by atoms with van der Waals surface area (Å²) in [6, 6.07) is 3.14. The van der Waals surface area contributed by atoms with Crippen molar-refractivity contribution in [2.75, 3.05) is 19.8 Å². The number of nitrogens with zero attached hydrogens (tertiary/aromatic N) is 2. The second-order valence-electron chi connectivity index (χ2n) is 3.43. The molecule has 1 N–H and O–H groups in total. The summed E-state index contributed by atoms with van der Waals surface area (Å²) in [6.45, 7) is 0.801. The van der Waals surface area contributed by atoms with Crippen LogP contribution in [0.4, 0.5) is 0 Å². The van der Waals surface area contributed by atoms with Crippen molar-refractivity contribution in [2.45, 2.75) is 6.04 Å². The number of pyridine rings is 1. The van der Waals surface area contributed by atoms with Gasteiger partial charge in [-0.25, -0.2) is 4.98 Å². The topological polar surface area (TPSA) is 54.7 Å². The fraction of sp³-hybridized carbons (Fsp3) is 0.400. The van der Waals surface area contributed by atoms with E-state index >= 15 is 0 Å². The first-order chi connectivity index (χ1) is 7.69. The van der Waals surface area contributed by atoms with Crippen LogP contribution in [-0.4, -0.2) is 41.7 Å². The smallest absolute Gasteiger partial charge is 0.131 e. The lowest BCUT2D eigenvalue weighted by atomic mass is 10.1. The van der Waals surface area contributed by atoms with Gasteiger partial charge < -0.3 is 9.84 Å². The Labute approximate surface area is 103 Å². The zero-order chi connectivity index (χ0) is 11.5. The van der Waals surface area contributed by atoms with Crippen LogP contribution >= 0.6 is 23.2 Å². The molecule has 2 heterocycles. The molecule has 0 amide bonds. The molecule has 1 atom stereocenters. The molecule has 0 spiro atoms. The van der Waals surface area contributed by atoms with Crippen LogP contribution in [-0.2, 0) is 4.74 Å². The molecule has 1 aromatic heterocycles. The predicted molar refractivity (Wildman–Crippen MR) is 62.5 cm³/mol. The Kier molecular flexibility index (Phi) is 3.76. The van der Waals surface area contributed by atoms with Crippen LogP contribution in [0.1, 0.15) is 5.56 Å². The van der Waals surface area contributed by atoms with Crippen LogP contribution in [0.5, 0.6) is 0 Å². The number of rotatable bonds is 2. The van der Waals surface area contributed by atoms with E-state index in [9.17, 15) is 0 Å². The molecule has 1 aliphatic rings. The largest absolute Gasteiger partial charge is 0.394 e. The minimum Gasteiger partial charge on any atom is -0.394 e. The van der Waals surface area contributed by atoms with Crippen LogP contribution in [0.3, 0.4) is 0 Å². The van der Waals surface area contributed by atoms with E-state index in [1.54, 1.807) is 12.1 Å². The lowest BCUT2D eigenvalue weighted by Crippen LogP contribution is -2.29. The quantitative estimate of drug-likeness (QED) is 0.822. The Hall–Kier alpha value is -0.680. The predicted octanol–water partition coefficient (Wildman–Crippen LogP) is 1.57. The van der Waals surface area contributed by atoms with E-state index in [2.05, 4.69) is 9.98 Å². The second-order valence-corrected chi connectivity index (χ2v) is 4.20. The SMILES string of the molecule is OC[C@@H]1COCC(c2cc(Cl)nc(Cl)c2)=N1. The van der Waals surface area contributed by atoms with E-state index in [-0.39, 0.29) is 12.6 Å². The summed E-state index contributed by atoms with van der Waals surface area (Å²) in [4.78, 5) is 8.20. The number of hydrogen-bond donors (Lipinski definition) is 1. The Bertz CT molecular complexity index is 403. The number of aromatic nitrogens is 1. The van der Waals surface area contributed by atoms with Gasteiger partial charge in [-0.2, -0.15) is 0 Å². The first kappa shape index (κ1) is 11.8. The van der Waals surface area contributed by atoms with Crippen molar-refractivity contribution < 1.29 is 9.84 Å². The molecule has 4 nitrogen and oxygen atoms in total. The third-order valence-electron chi connectivity index (χ3n) is 2.19. The monoisotopic (exact) mass is 260 g/mol. The number of aliphatic imine (C=N–C) groups is 1. The molecule has 1 aromatic rings. The number of aliphatic hydroxyl groups excluding tert-OH is 1. The molecule has 0 unspecified atom stereocenters. The van der Waals surface area contributed by atoms with Crippen LogP contribution in [0, 0.1) is 0 Å². The Morgan fingerprint density at radius 3 is 2.69 bits per heavy atom. The summed E-state index contributed by atoms with van der Waals surface area (Å²) < 4.78 is 5.32. The molecule has 2 rings (SSSR count). The molecule has 1 aliphatic heterocycles. The molecule has 16 heavy (non-hydrogen) atoms. The van der Waals surface area contributed by atoms with Crippen molar-refractivity contribution in [3.63, 3.8) is 0 Å². The number of hydrogen-bond acceptors (Lipinski definition) is 4. The van der Waals surface area contributed by atoms with E-state index in [4.69, 9.17) is 33.0 Å². The summed E-state index contributed by atoms with van der Waals surface area (Å²) in [7, 11) is 0. The van der Waals surface area contributed by atoms with Gasteiger partial charge in [0, 0.05) is 5.56 Å². The fourth-order valence-corrected chi connectivity index (χ4v) is 1.93. The minimum atomic E-state index is -0.213. The Morgan fingerprint density at radius 2 is 2.06 bits per heavy atom. The third kappa shape index (κ3) is 2.71. The highest BCUT2D eigenvalue weighted by molar-refractivity contribution is 6.33. The van der Waals surface area contributed by atoms with Crippen molar-refractivity contribution in [1.29, 1.82) is 0 Å². The molecule has 0 fully saturated rings. The van der Waals surface area contributed by atoms with Gasteiger partial charge in [-0.15, -0.1) is 0 Å². The molecular weight excluding hydrogens is 251 g/mol. The van der Waals surface area contributed by atoms with Gasteiger partial charge >= 0.3 is 0 Å². The van der Waals surface area contributed by atoms with Gasteiger partial charge in [0.15, 0.2) is 0 Å². The van der Waals surface area contributed by atoms with Crippen molar-refractivity contribution in [2.24, 2.45) is 4.99 Å². The first-order valence-corrected chi connectivity index (χ1v) is 5.53. The molecule has 0 bridgehead atoms. The van der Waals surface area contributed by atoms with Gasteiger partial charge in [0.25, 0.3) is 0 Å². The fourth-order valence-electron chi connectivity index (χ4n) is 1.47. The molecule has 86 valence electrons. The second kappa shape index (κ2) is 5.10. The maximum atomic E-state index is 9.01.